The summed E-state index contributed by atoms with van der Waals surface area (Å²) in [6.45, 7) is 4.87. The first kappa shape index (κ1) is 17.3. The summed E-state index contributed by atoms with van der Waals surface area (Å²) >= 11 is 0. The highest BCUT2D eigenvalue weighted by Crippen LogP contribution is 2.31. The number of hydrogen-bond donors (Lipinski definition) is 1. The number of esters is 1. The molecule has 2 aliphatic heterocycles. The molecule has 2 amide bonds. The Bertz CT molecular complexity index is 695. The number of amides is 2. The largest absolute Gasteiger partial charge is 0.479 e. The molecule has 1 unspecified atom stereocenters. The van der Waals surface area contributed by atoms with E-state index in [9.17, 15) is 14.4 Å². The molecule has 0 bridgehead atoms. The minimum absolute atomic E-state index is 0.0988. The van der Waals surface area contributed by atoms with E-state index in [4.69, 9.17) is 9.47 Å². The van der Waals surface area contributed by atoms with Gasteiger partial charge in [-0.25, -0.2) is 0 Å². The molecule has 1 saturated heterocycles. The van der Waals surface area contributed by atoms with Gasteiger partial charge in [0.15, 0.2) is 6.10 Å². The van der Waals surface area contributed by atoms with Crippen LogP contribution in [0.4, 0.5) is 5.69 Å². The smallest absolute Gasteiger partial charge is 0.309 e. The topological polar surface area (TPSA) is 84.9 Å². The first-order valence-electron chi connectivity index (χ1n) is 8.57. The molecule has 3 rings (SSSR count). The number of ether oxygens (including phenoxy) is 2. The lowest BCUT2D eigenvalue weighted by Gasteiger charge is -2.31. The van der Waals surface area contributed by atoms with Crippen molar-refractivity contribution < 1.29 is 23.9 Å². The van der Waals surface area contributed by atoms with Crippen LogP contribution in [0.15, 0.2) is 18.2 Å². The van der Waals surface area contributed by atoms with Crippen LogP contribution in [0, 0.1) is 5.92 Å². The third-order valence-corrected chi connectivity index (χ3v) is 4.56. The van der Waals surface area contributed by atoms with Gasteiger partial charge in [-0.2, -0.15) is 0 Å². The number of benzene rings is 1. The molecule has 1 aromatic rings. The molecular formula is C18H22N2O5. The number of carbonyl (C=O) groups excluding carboxylic acids is 3. The van der Waals surface area contributed by atoms with Crippen LogP contribution >= 0.6 is 0 Å². The minimum atomic E-state index is -0.585. The summed E-state index contributed by atoms with van der Waals surface area (Å²) in [5.74, 6) is -0.112. The van der Waals surface area contributed by atoms with Crippen molar-refractivity contribution >= 4 is 23.5 Å². The molecule has 0 spiro atoms. The number of piperidine rings is 1. The molecule has 7 nitrogen and oxygen atoms in total. The maximum absolute atomic E-state index is 12.7. The third kappa shape index (κ3) is 3.60. The molecule has 1 aromatic carbocycles. The van der Waals surface area contributed by atoms with Gasteiger partial charge in [0, 0.05) is 18.7 Å². The maximum Gasteiger partial charge on any atom is 0.309 e. The van der Waals surface area contributed by atoms with Crippen molar-refractivity contribution in [2.75, 3.05) is 25.0 Å². The summed E-state index contributed by atoms with van der Waals surface area (Å²) in [6.07, 6.45) is 0.635. The Morgan fingerprint density at radius 1 is 1.32 bits per heavy atom. The van der Waals surface area contributed by atoms with Crippen molar-refractivity contribution in [2.24, 2.45) is 5.92 Å². The molecule has 1 N–H and O–H groups in total. The number of hydrogen-bond acceptors (Lipinski definition) is 5. The summed E-state index contributed by atoms with van der Waals surface area (Å²) < 4.78 is 10.6. The van der Waals surface area contributed by atoms with E-state index >= 15 is 0 Å². The number of nitrogens with one attached hydrogen (secondary N) is 1. The van der Waals surface area contributed by atoms with Gasteiger partial charge in [0.1, 0.15) is 5.75 Å². The standard InChI is InChI=1S/C18H22N2O5/c1-3-24-18(23)12-6-8-20(9-7-12)17(22)13-4-5-14-15(10-13)25-11(2)16(21)19-14/h4-5,10-12H,3,6-9H2,1-2H3,(H,19,21). The predicted octanol–water partition coefficient (Wildman–Crippen LogP) is 1.82. The van der Waals surface area contributed by atoms with Gasteiger partial charge < -0.3 is 19.7 Å². The minimum Gasteiger partial charge on any atom is -0.479 e. The molecule has 2 aliphatic rings. The van der Waals surface area contributed by atoms with Gasteiger partial charge in [-0.15, -0.1) is 0 Å². The number of fused-ring (bicyclic) bond motifs is 1. The number of anilines is 1. The van der Waals surface area contributed by atoms with Gasteiger partial charge in [-0.05, 0) is 44.9 Å². The van der Waals surface area contributed by atoms with E-state index in [0.717, 1.165) is 0 Å². The molecule has 0 aromatic heterocycles. The molecule has 134 valence electrons. The highest BCUT2D eigenvalue weighted by molar-refractivity contribution is 6.00. The van der Waals surface area contributed by atoms with Crippen LogP contribution in [0.2, 0.25) is 0 Å². The number of nitrogens with zero attached hydrogens (tertiary/aromatic N) is 1. The second kappa shape index (κ2) is 7.13. The molecule has 0 saturated carbocycles. The summed E-state index contributed by atoms with van der Waals surface area (Å²) in [7, 11) is 0. The van der Waals surface area contributed by atoms with E-state index < -0.39 is 6.10 Å². The Morgan fingerprint density at radius 2 is 2.04 bits per heavy atom. The van der Waals surface area contributed by atoms with Crippen molar-refractivity contribution in [3.63, 3.8) is 0 Å². The molecule has 0 radical (unpaired) electrons. The zero-order valence-electron chi connectivity index (χ0n) is 14.4. The molecule has 25 heavy (non-hydrogen) atoms. The molecule has 1 atom stereocenters. The normalized spacial score (nSPS) is 20.3. The van der Waals surface area contributed by atoms with Crippen molar-refractivity contribution in [1.29, 1.82) is 0 Å². The molecule has 0 aliphatic carbocycles. The molecular weight excluding hydrogens is 324 g/mol. The average Bonchev–Trinajstić information content (AvgIpc) is 2.62. The highest BCUT2D eigenvalue weighted by Gasteiger charge is 2.30. The monoisotopic (exact) mass is 346 g/mol. The SMILES string of the molecule is CCOC(=O)C1CCN(C(=O)c2ccc3c(c2)OC(C)C(=O)N3)CC1. The Hall–Kier alpha value is -2.57. The quantitative estimate of drug-likeness (QED) is 0.844. The van der Waals surface area contributed by atoms with E-state index in [1.54, 1.807) is 36.9 Å². The van der Waals surface area contributed by atoms with Crippen LogP contribution in [0.1, 0.15) is 37.0 Å². The van der Waals surface area contributed by atoms with Crippen LogP contribution < -0.4 is 10.1 Å². The van der Waals surface area contributed by atoms with Gasteiger partial charge in [-0.3, -0.25) is 14.4 Å². The summed E-state index contributed by atoms with van der Waals surface area (Å²) in [4.78, 5) is 37.8. The zero-order chi connectivity index (χ0) is 18.0. The van der Waals surface area contributed by atoms with Crippen LogP contribution in [-0.2, 0) is 14.3 Å². The second-order valence-electron chi connectivity index (χ2n) is 6.28. The Morgan fingerprint density at radius 3 is 2.72 bits per heavy atom. The van der Waals surface area contributed by atoms with E-state index in [1.807, 2.05) is 0 Å². The van der Waals surface area contributed by atoms with Crippen LogP contribution in [0.25, 0.3) is 0 Å². The van der Waals surface area contributed by atoms with Crippen molar-refractivity contribution in [3.8, 4) is 5.75 Å². The second-order valence-corrected chi connectivity index (χ2v) is 6.28. The molecule has 2 heterocycles. The predicted molar refractivity (Wildman–Crippen MR) is 90.4 cm³/mol. The first-order valence-corrected chi connectivity index (χ1v) is 8.57. The van der Waals surface area contributed by atoms with Crippen molar-refractivity contribution in [1.82, 2.24) is 4.90 Å². The van der Waals surface area contributed by atoms with E-state index in [-0.39, 0.29) is 23.7 Å². The third-order valence-electron chi connectivity index (χ3n) is 4.56. The fourth-order valence-electron chi connectivity index (χ4n) is 3.10. The lowest BCUT2D eigenvalue weighted by Crippen LogP contribution is -2.40. The van der Waals surface area contributed by atoms with Crippen LogP contribution in [0.5, 0.6) is 5.75 Å². The van der Waals surface area contributed by atoms with Gasteiger partial charge >= 0.3 is 5.97 Å². The fourth-order valence-corrected chi connectivity index (χ4v) is 3.10. The Kier molecular flexibility index (Phi) is 4.92. The number of carbonyl (C=O) groups is 3. The lowest BCUT2D eigenvalue weighted by atomic mass is 9.96. The zero-order valence-corrected chi connectivity index (χ0v) is 14.4. The van der Waals surface area contributed by atoms with Crippen molar-refractivity contribution in [2.45, 2.75) is 32.8 Å². The van der Waals surface area contributed by atoms with Gasteiger partial charge in [0.05, 0.1) is 18.2 Å². The summed E-state index contributed by atoms with van der Waals surface area (Å²) in [5.41, 5.74) is 1.08. The average molecular weight is 346 g/mol. The maximum atomic E-state index is 12.7. The first-order chi connectivity index (χ1) is 12.0. The van der Waals surface area contributed by atoms with Crippen molar-refractivity contribution in [3.05, 3.63) is 23.8 Å². The van der Waals surface area contributed by atoms with Crippen LogP contribution in [-0.4, -0.2) is 48.5 Å². The Labute approximate surface area is 146 Å². The van der Waals surface area contributed by atoms with Gasteiger partial charge in [-0.1, -0.05) is 0 Å². The van der Waals surface area contributed by atoms with Crippen LogP contribution in [0.3, 0.4) is 0 Å². The van der Waals surface area contributed by atoms with Gasteiger partial charge in [0.25, 0.3) is 11.8 Å². The summed E-state index contributed by atoms with van der Waals surface area (Å²) in [5, 5.41) is 2.75. The van der Waals surface area contributed by atoms with E-state index in [2.05, 4.69) is 5.32 Å². The lowest BCUT2D eigenvalue weighted by molar-refractivity contribution is -0.149. The summed E-state index contributed by atoms with van der Waals surface area (Å²) in [6, 6.07) is 5.01. The molecule has 7 heteroatoms. The van der Waals surface area contributed by atoms with Gasteiger partial charge in [0.2, 0.25) is 0 Å². The fraction of sp³-hybridized carbons (Fsp3) is 0.500. The van der Waals surface area contributed by atoms with E-state index in [0.29, 0.717) is 49.5 Å². The van der Waals surface area contributed by atoms with E-state index in [1.165, 1.54) is 0 Å². The Balaban J connectivity index is 1.66. The number of likely N-dealkylation sites (tertiary alicyclic amines) is 1. The number of rotatable bonds is 3. The highest BCUT2D eigenvalue weighted by atomic mass is 16.5. The molecule has 1 fully saturated rings.